The predicted octanol–water partition coefficient (Wildman–Crippen LogP) is 5.56. The van der Waals surface area contributed by atoms with E-state index in [1.165, 1.54) is 11.8 Å². The maximum Gasteiger partial charge on any atom is 0.242 e. The van der Waals surface area contributed by atoms with E-state index in [2.05, 4.69) is 5.32 Å². The van der Waals surface area contributed by atoms with Crippen LogP contribution in [0.3, 0.4) is 0 Å². The van der Waals surface area contributed by atoms with Crippen molar-refractivity contribution in [1.82, 2.24) is 10.2 Å². The molecule has 0 aromatic heterocycles. The third-order valence-corrected chi connectivity index (χ3v) is 6.61. The summed E-state index contributed by atoms with van der Waals surface area (Å²) in [6.07, 6.45) is 0.824. The van der Waals surface area contributed by atoms with E-state index in [9.17, 15) is 9.59 Å². The van der Waals surface area contributed by atoms with Crippen LogP contribution < -0.4 is 5.32 Å². The van der Waals surface area contributed by atoms with Gasteiger partial charge in [-0.2, -0.15) is 0 Å². The number of nitrogens with zero attached hydrogens (tertiary/aromatic N) is 1. The zero-order chi connectivity index (χ0) is 22.1. The molecule has 2 rings (SSSR count). The summed E-state index contributed by atoms with van der Waals surface area (Å²) in [7, 11) is 0. The Labute approximate surface area is 193 Å². The average Bonchev–Trinajstić information content (AvgIpc) is 2.73. The standard InChI is InChI=1S/C23H28Cl2N2O2S/c1-4-16(2)26-23(29)17(3)27(13-18-9-5-7-11-20(18)24)22(28)15-30-14-19-10-6-8-12-21(19)25/h5-12,16-17H,4,13-15H2,1-3H3,(H,26,29)/t16-,17+/m0/s1. The fourth-order valence-corrected chi connectivity index (χ4v) is 4.20. The first-order valence-electron chi connectivity index (χ1n) is 9.97. The Hall–Kier alpha value is -1.69. The van der Waals surface area contributed by atoms with Gasteiger partial charge >= 0.3 is 0 Å². The van der Waals surface area contributed by atoms with Crippen LogP contribution in [-0.2, 0) is 21.9 Å². The largest absolute Gasteiger partial charge is 0.352 e. The van der Waals surface area contributed by atoms with E-state index in [4.69, 9.17) is 23.2 Å². The SMILES string of the molecule is CC[C@H](C)NC(=O)[C@@H](C)N(Cc1ccccc1Cl)C(=O)CSCc1ccccc1Cl. The third kappa shape index (κ3) is 7.22. The van der Waals surface area contributed by atoms with Gasteiger partial charge in [-0.3, -0.25) is 9.59 Å². The molecular weight excluding hydrogens is 439 g/mol. The van der Waals surface area contributed by atoms with Gasteiger partial charge in [-0.05, 0) is 43.5 Å². The molecule has 0 bridgehead atoms. The molecule has 0 saturated heterocycles. The second-order valence-corrected chi connectivity index (χ2v) is 8.99. The highest BCUT2D eigenvalue weighted by Crippen LogP contribution is 2.23. The lowest BCUT2D eigenvalue weighted by molar-refractivity contribution is -0.138. The summed E-state index contributed by atoms with van der Waals surface area (Å²) >= 11 is 14.0. The quantitative estimate of drug-likeness (QED) is 0.498. The maximum absolute atomic E-state index is 13.1. The third-order valence-electron chi connectivity index (χ3n) is 4.91. The molecule has 0 saturated carbocycles. The smallest absolute Gasteiger partial charge is 0.242 e. The summed E-state index contributed by atoms with van der Waals surface area (Å²) in [4.78, 5) is 27.4. The first kappa shape index (κ1) is 24.6. The van der Waals surface area contributed by atoms with Gasteiger partial charge in [0.2, 0.25) is 11.8 Å². The van der Waals surface area contributed by atoms with Crippen LogP contribution in [0.4, 0.5) is 0 Å². The van der Waals surface area contributed by atoms with Gasteiger partial charge in [0.25, 0.3) is 0 Å². The summed E-state index contributed by atoms with van der Waals surface area (Å²) in [5, 5.41) is 4.23. The molecule has 0 aliphatic carbocycles. The summed E-state index contributed by atoms with van der Waals surface area (Å²) in [6.45, 7) is 5.99. The molecule has 4 nitrogen and oxygen atoms in total. The lowest BCUT2D eigenvalue weighted by atomic mass is 10.1. The van der Waals surface area contributed by atoms with Gasteiger partial charge in [0, 0.05) is 28.4 Å². The first-order chi connectivity index (χ1) is 14.3. The molecule has 0 aliphatic rings. The van der Waals surface area contributed by atoms with Crippen LogP contribution in [0, 0.1) is 0 Å². The second kappa shape index (κ2) is 12.2. The van der Waals surface area contributed by atoms with Crippen LogP contribution in [-0.4, -0.2) is 34.6 Å². The molecule has 2 atom stereocenters. The Balaban J connectivity index is 2.10. The molecule has 0 unspecified atom stereocenters. The zero-order valence-electron chi connectivity index (χ0n) is 17.5. The van der Waals surface area contributed by atoms with Crippen LogP contribution in [0.5, 0.6) is 0 Å². The van der Waals surface area contributed by atoms with E-state index in [0.717, 1.165) is 17.5 Å². The van der Waals surface area contributed by atoms with Gasteiger partial charge in [-0.25, -0.2) is 0 Å². The molecule has 0 spiro atoms. The normalized spacial score (nSPS) is 12.8. The Bertz CT molecular complexity index is 863. The van der Waals surface area contributed by atoms with Crippen molar-refractivity contribution in [3.63, 3.8) is 0 Å². The van der Waals surface area contributed by atoms with Crippen molar-refractivity contribution in [3.8, 4) is 0 Å². The molecule has 2 amide bonds. The zero-order valence-corrected chi connectivity index (χ0v) is 19.9. The van der Waals surface area contributed by atoms with Gasteiger partial charge in [0.1, 0.15) is 6.04 Å². The summed E-state index contributed by atoms with van der Waals surface area (Å²) in [6, 6.07) is 14.4. The Kier molecular flexibility index (Phi) is 10.0. The number of nitrogens with one attached hydrogen (secondary N) is 1. The minimum absolute atomic E-state index is 0.0480. The van der Waals surface area contributed by atoms with E-state index in [1.807, 2.05) is 56.3 Å². The number of carbonyl (C=O) groups is 2. The Morgan fingerprint density at radius 3 is 2.13 bits per heavy atom. The van der Waals surface area contributed by atoms with Gasteiger partial charge in [0.05, 0.1) is 5.75 Å². The number of thioether (sulfide) groups is 1. The molecular formula is C23H28Cl2N2O2S. The van der Waals surface area contributed by atoms with Gasteiger partial charge < -0.3 is 10.2 Å². The van der Waals surface area contributed by atoms with E-state index < -0.39 is 6.04 Å². The number of amides is 2. The molecule has 7 heteroatoms. The molecule has 0 heterocycles. The molecule has 0 aliphatic heterocycles. The fourth-order valence-electron chi connectivity index (χ4n) is 2.80. The van der Waals surface area contributed by atoms with Crippen molar-refractivity contribution in [2.45, 2.75) is 51.6 Å². The number of hydrogen-bond acceptors (Lipinski definition) is 3. The summed E-state index contributed by atoms with van der Waals surface area (Å²) in [5.74, 6) is 0.592. The maximum atomic E-state index is 13.1. The number of benzene rings is 2. The van der Waals surface area contributed by atoms with Crippen molar-refractivity contribution in [3.05, 3.63) is 69.7 Å². The van der Waals surface area contributed by atoms with Gasteiger partial charge in [-0.1, -0.05) is 66.5 Å². The number of rotatable bonds is 10. The predicted molar refractivity (Wildman–Crippen MR) is 127 cm³/mol. The lowest BCUT2D eigenvalue weighted by Gasteiger charge is -2.30. The van der Waals surface area contributed by atoms with Gasteiger partial charge in [0.15, 0.2) is 0 Å². The van der Waals surface area contributed by atoms with Crippen molar-refractivity contribution < 1.29 is 9.59 Å². The van der Waals surface area contributed by atoms with E-state index in [-0.39, 0.29) is 30.2 Å². The minimum Gasteiger partial charge on any atom is -0.352 e. The molecule has 1 N–H and O–H groups in total. The molecule has 0 fully saturated rings. The molecule has 2 aromatic rings. The first-order valence-corrected chi connectivity index (χ1v) is 11.9. The number of hydrogen-bond donors (Lipinski definition) is 1. The molecule has 30 heavy (non-hydrogen) atoms. The number of carbonyl (C=O) groups excluding carboxylic acids is 2. The molecule has 0 radical (unpaired) electrons. The highest BCUT2D eigenvalue weighted by Gasteiger charge is 2.27. The highest BCUT2D eigenvalue weighted by atomic mass is 35.5. The van der Waals surface area contributed by atoms with Crippen LogP contribution in [0.25, 0.3) is 0 Å². The van der Waals surface area contributed by atoms with Crippen molar-refractivity contribution >= 4 is 46.8 Å². The van der Waals surface area contributed by atoms with E-state index in [0.29, 0.717) is 15.8 Å². The second-order valence-electron chi connectivity index (χ2n) is 7.19. The molecule has 162 valence electrons. The molecule has 2 aromatic carbocycles. The van der Waals surface area contributed by atoms with Crippen LogP contribution in [0.15, 0.2) is 48.5 Å². The van der Waals surface area contributed by atoms with Crippen molar-refractivity contribution in [2.24, 2.45) is 0 Å². The van der Waals surface area contributed by atoms with Crippen LogP contribution in [0.1, 0.15) is 38.3 Å². The minimum atomic E-state index is -0.608. The summed E-state index contributed by atoms with van der Waals surface area (Å²) in [5.41, 5.74) is 1.80. The summed E-state index contributed by atoms with van der Waals surface area (Å²) < 4.78 is 0. The Morgan fingerprint density at radius 1 is 1.00 bits per heavy atom. The monoisotopic (exact) mass is 466 g/mol. The van der Waals surface area contributed by atoms with Crippen LogP contribution >= 0.6 is 35.0 Å². The highest BCUT2D eigenvalue weighted by molar-refractivity contribution is 7.99. The van der Waals surface area contributed by atoms with Gasteiger partial charge in [-0.15, -0.1) is 11.8 Å². The number of halogens is 2. The van der Waals surface area contributed by atoms with Crippen molar-refractivity contribution in [2.75, 3.05) is 5.75 Å². The van der Waals surface area contributed by atoms with Crippen LogP contribution in [0.2, 0.25) is 10.0 Å². The topological polar surface area (TPSA) is 49.4 Å². The average molecular weight is 467 g/mol. The van der Waals surface area contributed by atoms with Crippen molar-refractivity contribution in [1.29, 1.82) is 0 Å². The fraction of sp³-hybridized carbons (Fsp3) is 0.391. The lowest BCUT2D eigenvalue weighted by Crippen LogP contribution is -2.50. The van der Waals surface area contributed by atoms with E-state index in [1.54, 1.807) is 17.9 Å². The van der Waals surface area contributed by atoms with E-state index >= 15 is 0 Å². The Morgan fingerprint density at radius 2 is 1.57 bits per heavy atom.